The molecule has 0 unspecified atom stereocenters. The fourth-order valence-electron chi connectivity index (χ4n) is 5.45. The lowest BCUT2D eigenvalue weighted by atomic mass is 9.85. The second kappa shape index (κ2) is 10.0. The van der Waals surface area contributed by atoms with Crippen molar-refractivity contribution in [2.24, 2.45) is 4.99 Å². The van der Waals surface area contributed by atoms with E-state index in [1.807, 2.05) is 28.8 Å². The molecule has 1 aliphatic carbocycles. The van der Waals surface area contributed by atoms with Gasteiger partial charge in [-0.2, -0.15) is 0 Å². The number of carbonyl (C=O) groups excluding carboxylic acids is 1. The second-order valence-corrected chi connectivity index (χ2v) is 11.6. The monoisotopic (exact) mass is 564 g/mol. The summed E-state index contributed by atoms with van der Waals surface area (Å²) in [6.07, 6.45) is 3.59. The highest BCUT2D eigenvalue weighted by Crippen LogP contribution is 2.42. The zero-order valence-corrected chi connectivity index (χ0v) is 23.3. The van der Waals surface area contributed by atoms with E-state index in [0.29, 0.717) is 33.0 Å². The van der Waals surface area contributed by atoms with Gasteiger partial charge in [0, 0.05) is 22.1 Å². The van der Waals surface area contributed by atoms with Crippen LogP contribution in [-0.4, -0.2) is 17.1 Å². The van der Waals surface area contributed by atoms with Crippen LogP contribution in [0, 0.1) is 0 Å². The number of thiazole rings is 1. The summed E-state index contributed by atoms with van der Waals surface area (Å²) in [6.45, 7) is 2.09. The van der Waals surface area contributed by atoms with Crippen LogP contribution >= 0.6 is 22.7 Å². The van der Waals surface area contributed by atoms with E-state index in [4.69, 9.17) is 14.1 Å². The fraction of sp³-hybridized carbons (Fsp3) is 0.156. The molecule has 2 aliphatic rings. The van der Waals surface area contributed by atoms with E-state index >= 15 is 0 Å². The first-order valence-electron chi connectivity index (χ1n) is 13.1. The molecule has 1 aliphatic heterocycles. The van der Waals surface area contributed by atoms with E-state index in [1.54, 1.807) is 42.5 Å². The fourth-order valence-corrected chi connectivity index (χ4v) is 7.28. The highest BCUT2D eigenvalue weighted by Gasteiger charge is 2.33. The third-order valence-electron chi connectivity index (χ3n) is 7.24. The molecule has 5 aromatic rings. The van der Waals surface area contributed by atoms with Crippen LogP contribution in [0.2, 0.25) is 0 Å². The van der Waals surface area contributed by atoms with Gasteiger partial charge in [-0.05, 0) is 66.6 Å². The van der Waals surface area contributed by atoms with Gasteiger partial charge in [0.05, 0.1) is 28.4 Å². The molecule has 1 atom stereocenters. The highest BCUT2D eigenvalue weighted by molar-refractivity contribution is 7.10. The number of nitrogens with zero attached hydrogens (tertiary/aromatic N) is 2. The Kier molecular flexibility index (Phi) is 6.21. The molecule has 40 heavy (non-hydrogen) atoms. The molecular formula is C32H24N2O4S2. The summed E-state index contributed by atoms with van der Waals surface area (Å²) in [5.41, 5.74) is 5.79. The predicted octanol–water partition coefficient (Wildman–Crippen LogP) is 5.82. The third-order valence-corrected chi connectivity index (χ3v) is 9.15. The summed E-state index contributed by atoms with van der Waals surface area (Å²) in [5.74, 6) is 0.792. The van der Waals surface area contributed by atoms with Crippen LogP contribution in [0.15, 0.2) is 98.0 Å². The maximum absolute atomic E-state index is 13.9. The molecule has 0 fully saturated rings. The molecule has 0 saturated heterocycles. The number of benzene rings is 2. The number of allylic oxidation sites excluding steroid dienone is 1. The molecule has 6 nitrogen and oxygen atoms in total. The van der Waals surface area contributed by atoms with Crippen molar-refractivity contribution >= 4 is 40.4 Å². The number of hydrogen-bond donors (Lipinski definition) is 0. The van der Waals surface area contributed by atoms with Crippen LogP contribution in [0.4, 0.5) is 0 Å². The number of fused-ring (bicyclic) bond motifs is 3. The van der Waals surface area contributed by atoms with Gasteiger partial charge in [0.1, 0.15) is 11.5 Å². The van der Waals surface area contributed by atoms with Gasteiger partial charge in [-0.15, -0.1) is 11.3 Å². The van der Waals surface area contributed by atoms with Crippen LogP contribution in [0.1, 0.15) is 51.5 Å². The Bertz CT molecular complexity index is 1970. The Morgan fingerprint density at radius 3 is 2.85 bits per heavy atom. The minimum absolute atomic E-state index is 0.0742. The maximum atomic E-state index is 13.9. The number of hydrogen-bond acceptors (Lipinski definition) is 7. The summed E-state index contributed by atoms with van der Waals surface area (Å²) in [6, 6.07) is 23.2. The Balaban J connectivity index is 1.32. The minimum atomic E-state index is -0.372. The molecule has 7 rings (SSSR count). The Morgan fingerprint density at radius 2 is 2.00 bits per heavy atom. The number of carbonyl (C=O) groups is 1. The Hall–Kier alpha value is -4.27. The number of furan rings is 1. The Labute approximate surface area is 237 Å². The quantitative estimate of drug-likeness (QED) is 0.252. The first kappa shape index (κ1) is 24.7. The average molecular weight is 565 g/mol. The van der Waals surface area contributed by atoms with Crippen LogP contribution in [0.5, 0.6) is 0 Å². The summed E-state index contributed by atoms with van der Waals surface area (Å²) in [5, 5.41) is 2.06. The van der Waals surface area contributed by atoms with Crippen molar-refractivity contribution in [3.8, 4) is 11.3 Å². The van der Waals surface area contributed by atoms with Crippen molar-refractivity contribution in [1.29, 1.82) is 0 Å². The van der Waals surface area contributed by atoms with E-state index in [9.17, 15) is 9.59 Å². The molecule has 0 spiro atoms. The number of esters is 1. The van der Waals surface area contributed by atoms with Gasteiger partial charge in [0.25, 0.3) is 5.56 Å². The predicted molar refractivity (Wildman–Crippen MR) is 157 cm³/mol. The third kappa shape index (κ3) is 4.20. The number of ether oxygens (including phenoxy) is 1. The molecule has 0 radical (unpaired) electrons. The van der Waals surface area contributed by atoms with Crippen LogP contribution in [-0.2, 0) is 11.2 Å². The molecule has 0 N–H and O–H groups in total. The summed E-state index contributed by atoms with van der Waals surface area (Å²) < 4.78 is 13.6. The SMILES string of the molecule is CCOC(=O)c1cccc(-c2ccc(/C=c3/sc4n(c3=O)[C@H](c3cccs3)C3=C(N=4)c4ccccc4CC3)o2)c1. The van der Waals surface area contributed by atoms with Crippen molar-refractivity contribution in [2.75, 3.05) is 6.61 Å². The van der Waals surface area contributed by atoms with Gasteiger partial charge in [0.2, 0.25) is 0 Å². The van der Waals surface area contributed by atoms with Crippen molar-refractivity contribution in [2.45, 2.75) is 25.8 Å². The molecule has 2 aromatic carbocycles. The van der Waals surface area contributed by atoms with Gasteiger partial charge in [-0.25, -0.2) is 9.79 Å². The molecule has 0 saturated carbocycles. The Morgan fingerprint density at radius 1 is 1.10 bits per heavy atom. The molecule has 8 heteroatoms. The van der Waals surface area contributed by atoms with E-state index in [-0.39, 0.29) is 17.6 Å². The molecule has 198 valence electrons. The zero-order valence-electron chi connectivity index (χ0n) is 21.6. The average Bonchev–Trinajstić information content (AvgIpc) is 3.74. The van der Waals surface area contributed by atoms with Crippen molar-refractivity contribution in [3.63, 3.8) is 0 Å². The van der Waals surface area contributed by atoms with Gasteiger partial charge in [-0.3, -0.25) is 9.36 Å². The number of thiophene rings is 1. The molecule has 0 amide bonds. The van der Waals surface area contributed by atoms with Gasteiger partial charge >= 0.3 is 5.97 Å². The lowest BCUT2D eigenvalue weighted by Crippen LogP contribution is -2.38. The number of rotatable bonds is 5. The van der Waals surface area contributed by atoms with E-state index in [1.165, 1.54) is 22.5 Å². The summed E-state index contributed by atoms with van der Waals surface area (Å²) in [7, 11) is 0. The molecule has 0 bridgehead atoms. The van der Waals surface area contributed by atoms with E-state index < -0.39 is 0 Å². The molecular weight excluding hydrogens is 540 g/mol. The van der Waals surface area contributed by atoms with Crippen molar-refractivity contribution in [3.05, 3.63) is 131 Å². The van der Waals surface area contributed by atoms with Crippen LogP contribution in [0.3, 0.4) is 0 Å². The second-order valence-electron chi connectivity index (χ2n) is 9.63. The molecule has 4 heterocycles. The summed E-state index contributed by atoms with van der Waals surface area (Å²) >= 11 is 3.05. The smallest absolute Gasteiger partial charge is 0.338 e. The zero-order chi connectivity index (χ0) is 27.2. The lowest BCUT2D eigenvalue weighted by molar-refractivity contribution is 0.0526. The maximum Gasteiger partial charge on any atom is 0.338 e. The largest absolute Gasteiger partial charge is 0.462 e. The topological polar surface area (TPSA) is 73.8 Å². The number of aryl methyl sites for hydroxylation is 1. The standard InChI is InChI=1S/C32H24N2O4S2/c1-2-37-31(36)21-9-5-8-20(17-21)25-15-13-22(38-25)18-27-30(35)34-29(26-11-6-16-39-26)24-14-12-19-7-3-4-10-23(19)28(24)33-32(34)40-27/h3-11,13,15-18,29H,2,12,14H2,1H3/b27-18+/t29-/m0/s1. The van der Waals surface area contributed by atoms with Crippen molar-refractivity contribution < 1.29 is 13.9 Å². The first-order chi connectivity index (χ1) is 19.6. The van der Waals surface area contributed by atoms with Gasteiger partial charge < -0.3 is 9.15 Å². The van der Waals surface area contributed by atoms with Gasteiger partial charge in [-0.1, -0.05) is 53.8 Å². The van der Waals surface area contributed by atoms with E-state index in [0.717, 1.165) is 34.5 Å². The van der Waals surface area contributed by atoms with Crippen molar-refractivity contribution in [1.82, 2.24) is 4.57 Å². The minimum Gasteiger partial charge on any atom is -0.462 e. The summed E-state index contributed by atoms with van der Waals surface area (Å²) in [4.78, 5) is 32.9. The lowest BCUT2D eigenvalue weighted by Gasteiger charge is -2.30. The van der Waals surface area contributed by atoms with Gasteiger partial charge in [0.15, 0.2) is 4.80 Å². The first-order valence-corrected chi connectivity index (χ1v) is 14.8. The normalized spacial score (nSPS) is 16.2. The van der Waals surface area contributed by atoms with E-state index in [2.05, 4.69) is 35.7 Å². The van der Waals surface area contributed by atoms with Crippen LogP contribution in [0.25, 0.3) is 23.1 Å². The van der Waals surface area contributed by atoms with Crippen LogP contribution < -0.4 is 14.9 Å². The molecule has 3 aromatic heterocycles. The number of aromatic nitrogens is 1. The highest BCUT2D eigenvalue weighted by atomic mass is 32.1.